The lowest BCUT2D eigenvalue weighted by Crippen LogP contribution is -2.48. The van der Waals surface area contributed by atoms with Crippen molar-refractivity contribution in [2.45, 2.75) is 114 Å². The van der Waals surface area contributed by atoms with Crippen LogP contribution in [-0.4, -0.2) is 43.2 Å². The predicted molar refractivity (Wildman–Crippen MR) is 111 cm³/mol. The van der Waals surface area contributed by atoms with Gasteiger partial charge >= 0.3 is 0 Å². The van der Waals surface area contributed by atoms with Crippen molar-refractivity contribution in [2.75, 3.05) is 0 Å². The summed E-state index contributed by atoms with van der Waals surface area (Å²) in [6, 6.07) is 0. The average molecular weight is 471 g/mol. The Bertz CT molecular complexity index is 593. The van der Waals surface area contributed by atoms with E-state index in [2.05, 4.69) is 0 Å². The van der Waals surface area contributed by atoms with E-state index < -0.39 is 66.9 Å². The molecule has 0 aromatic carbocycles. The van der Waals surface area contributed by atoms with Crippen LogP contribution < -0.4 is 0 Å². The van der Waals surface area contributed by atoms with Gasteiger partial charge in [0.15, 0.2) is 6.17 Å². The molecule has 0 aromatic rings. The van der Waals surface area contributed by atoms with Gasteiger partial charge in [-0.3, -0.25) is 0 Å². The van der Waals surface area contributed by atoms with Crippen molar-refractivity contribution in [1.29, 1.82) is 0 Å². The van der Waals surface area contributed by atoms with Crippen LogP contribution in [0.4, 0.5) is 30.7 Å². The summed E-state index contributed by atoms with van der Waals surface area (Å²) in [6.45, 7) is 2.04. The summed E-state index contributed by atoms with van der Waals surface area (Å²) in [4.78, 5) is 0. The highest BCUT2D eigenvalue weighted by molar-refractivity contribution is 4.99. The molecule has 32 heavy (non-hydrogen) atoms. The molecule has 0 saturated heterocycles. The van der Waals surface area contributed by atoms with E-state index in [1.165, 1.54) is 0 Å². The Balaban J connectivity index is 1.34. The zero-order valence-electron chi connectivity index (χ0n) is 18.8. The lowest BCUT2D eigenvalue weighted by atomic mass is 9.61. The molecule has 10 atom stereocenters. The van der Waals surface area contributed by atoms with Gasteiger partial charge in [-0.25, -0.2) is 30.7 Å². The fraction of sp³-hybridized carbons (Fsp3) is 1.00. The van der Waals surface area contributed by atoms with Gasteiger partial charge in [-0.1, -0.05) is 13.3 Å². The Morgan fingerprint density at radius 2 is 0.906 bits per heavy atom. The van der Waals surface area contributed by atoms with E-state index in [4.69, 9.17) is 0 Å². The van der Waals surface area contributed by atoms with Crippen LogP contribution in [0.2, 0.25) is 0 Å². The Labute approximate surface area is 187 Å². The summed E-state index contributed by atoms with van der Waals surface area (Å²) in [5.41, 5.74) is 0. The highest BCUT2D eigenvalue weighted by Crippen LogP contribution is 2.51. The first-order valence-electron chi connectivity index (χ1n) is 12.6. The molecular formula is C25H37F7. The number of halogens is 7. The van der Waals surface area contributed by atoms with Gasteiger partial charge in [-0.05, 0) is 93.3 Å². The molecule has 0 aromatic heterocycles. The maximum atomic E-state index is 15.2. The van der Waals surface area contributed by atoms with Crippen LogP contribution >= 0.6 is 0 Å². The van der Waals surface area contributed by atoms with Gasteiger partial charge in [0.1, 0.15) is 37.0 Å². The SMILES string of the molecule is CC1CCC(C2CCC(C3CC(F)C(C4CC(F)C(F)C(F)C4)C(F)C3)C(F)C2)C(F)C1. The first-order valence-corrected chi connectivity index (χ1v) is 12.6. The normalized spacial score (nSPS) is 55.5. The van der Waals surface area contributed by atoms with Gasteiger partial charge in [0.2, 0.25) is 0 Å². The Morgan fingerprint density at radius 1 is 0.438 bits per heavy atom. The molecule has 4 aliphatic carbocycles. The summed E-state index contributed by atoms with van der Waals surface area (Å²) < 4.78 is 101. The molecular weight excluding hydrogens is 433 g/mol. The molecule has 0 spiro atoms. The number of rotatable bonds is 3. The average Bonchev–Trinajstić information content (AvgIpc) is 2.71. The van der Waals surface area contributed by atoms with Crippen LogP contribution in [0.25, 0.3) is 0 Å². The van der Waals surface area contributed by atoms with Crippen LogP contribution in [0.1, 0.15) is 71.1 Å². The summed E-state index contributed by atoms with van der Waals surface area (Å²) in [5.74, 6) is -2.70. The minimum absolute atomic E-state index is 0.0127. The van der Waals surface area contributed by atoms with E-state index in [9.17, 15) is 17.6 Å². The van der Waals surface area contributed by atoms with E-state index in [0.29, 0.717) is 25.2 Å². The van der Waals surface area contributed by atoms with Crippen molar-refractivity contribution >= 4 is 0 Å². The first kappa shape index (κ1) is 24.6. The van der Waals surface area contributed by atoms with Crippen molar-refractivity contribution in [3.8, 4) is 0 Å². The van der Waals surface area contributed by atoms with E-state index in [-0.39, 0.29) is 43.9 Å². The van der Waals surface area contributed by atoms with Gasteiger partial charge < -0.3 is 0 Å². The summed E-state index contributed by atoms with van der Waals surface area (Å²) in [6.07, 6.45) is -8.64. The largest absolute Gasteiger partial charge is 0.247 e. The molecule has 0 heterocycles. The highest BCUT2D eigenvalue weighted by atomic mass is 19.2. The third-order valence-corrected chi connectivity index (χ3v) is 9.34. The molecule has 4 aliphatic rings. The Kier molecular flexibility index (Phi) is 7.71. The van der Waals surface area contributed by atoms with Gasteiger partial charge in [-0.2, -0.15) is 0 Å². The van der Waals surface area contributed by atoms with Gasteiger partial charge in [0.05, 0.1) is 0 Å². The molecule has 0 radical (unpaired) electrons. The Hall–Kier alpha value is -0.490. The monoisotopic (exact) mass is 470 g/mol. The molecule has 4 fully saturated rings. The summed E-state index contributed by atoms with van der Waals surface area (Å²) in [5, 5.41) is 0. The third kappa shape index (κ3) is 4.96. The first-order chi connectivity index (χ1) is 15.2. The number of alkyl halides is 7. The van der Waals surface area contributed by atoms with Crippen molar-refractivity contribution in [3.05, 3.63) is 0 Å². The molecule has 4 saturated carbocycles. The van der Waals surface area contributed by atoms with Crippen molar-refractivity contribution in [1.82, 2.24) is 0 Å². The molecule has 0 bridgehead atoms. The number of hydrogen-bond donors (Lipinski definition) is 0. The molecule has 0 N–H and O–H groups in total. The van der Waals surface area contributed by atoms with Crippen LogP contribution in [0.3, 0.4) is 0 Å². The van der Waals surface area contributed by atoms with Crippen LogP contribution in [0, 0.1) is 41.4 Å². The second kappa shape index (κ2) is 10.0. The van der Waals surface area contributed by atoms with E-state index in [1.807, 2.05) is 6.92 Å². The van der Waals surface area contributed by atoms with E-state index in [0.717, 1.165) is 12.8 Å². The summed E-state index contributed by atoms with van der Waals surface area (Å²) in [7, 11) is 0. The minimum atomic E-state index is -2.22. The van der Waals surface area contributed by atoms with E-state index in [1.54, 1.807) is 0 Å². The van der Waals surface area contributed by atoms with Crippen LogP contribution in [0.15, 0.2) is 0 Å². The van der Waals surface area contributed by atoms with Crippen molar-refractivity contribution in [3.63, 3.8) is 0 Å². The quantitative estimate of drug-likeness (QED) is 0.372. The topological polar surface area (TPSA) is 0 Å². The van der Waals surface area contributed by atoms with Gasteiger partial charge in [-0.15, -0.1) is 0 Å². The van der Waals surface area contributed by atoms with Crippen LogP contribution in [-0.2, 0) is 0 Å². The van der Waals surface area contributed by atoms with E-state index >= 15 is 13.2 Å². The molecule has 4 rings (SSSR count). The Morgan fingerprint density at radius 3 is 1.47 bits per heavy atom. The fourth-order valence-electron chi connectivity index (χ4n) is 7.59. The zero-order chi connectivity index (χ0) is 23.2. The minimum Gasteiger partial charge on any atom is -0.247 e. The lowest BCUT2D eigenvalue weighted by Gasteiger charge is -2.46. The molecule has 186 valence electrons. The molecule has 0 aliphatic heterocycles. The van der Waals surface area contributed by atoms with Crippen LogP contribution in [0.5, 0.6) is 0 Å². The standard InChI is InChI=1S/C25H37F7/c1-12-2-4-16(18(26)6-12)13-3-5-17(19(27)7-13)14-8-20(28)24(21(29)9-14)15-10-22(30)25(32)23(31)11-15/h12-25H,2-11H2,1H3. The molecule has 10 unspecified atom stereocenters. The smallest absolute Gasteiger partial charge is 0.162 e. The third-order valence-electron chi connectivity index (χ3n) is 9.34. The molecule has 0 amide bonds. The summed E-state index contributed by atoms with van der Waals surface area (Å²) >= 11 is 0. The van der Waals surface area contributed by atoms with Crippen molar-refractivity contribution in [2.24, 2.45) is 41.4 Å². The zero-order valence-corrected chi connectivity index (χ0v) is 18.8. The molecule has 0 nitrogen and oxygen atoms in total. The van der Waals surface area contributed by atoms with Gasteiger partial charge in [0.25, 0.3) is 0 Å². The fourth-order valence-corrected chi connectivity index (χ4v) is 7.59. The maximum Gasteiger partial charge on any atom is 0.162 e. The lowest BCUT2D eigenvalue weighted by molar-refractivity contribution is -0.0683. The predicted octanol–water partition coefficient (Wildman–Crippen LogP) is 7.64. The maximum absolute atomic E-state index is 15.2. The number of hydrogen-bond acceptors (Lipinski definition) is 0. The second-order valence-corrected chi connectivity index (χ2v) is 11.4. The van der Waals surface area contributed by atoms with Crippen molar-refractivity contribution < 1.29 is 30.7 Å². The second-order valence-electron chi connectivity index (χ2n) is 11.4. The van der Waals surface area contributed by atoms with Gasteiger partial charge in [0, 0.05) is 5.92 Å². The molecule has 7 heteroatoms. The highest BCUT2D eigenvalue weighted by Gasteiger charge is 2.51.